The fraction of sp³-hybridized carbons (Fsp3) is 0.136. The van der Waals surface area contributed by atoms with E-state index in [0.717, 1.165) is 11.3 Å². The molecule has 0 fully saturated rings. The highest BCUT2D eigenvalue weighted by Crippen LogP contribution is 2.24. The number of rotatable bonds is 7. The smallest absolute Gasteiger partial charge is 0.277 e. The molecule has 0 spiro atoms. The van der Waals surface area contributed by atoms with Gasteiger partial charge in [-0.25, -0.2) is 4.68 Å². The van der Waals surface area contributed by atoms with E-state index in [4.69, 9.17) is 39.5 Å². The lowest BCUT2D eigenvalue weighted by Gasteiger charge is -2.07. The Morgan fingerprint density at radius 2 is 1.81 bits per heavy atom. The maximum absolute atomic E-state index is 12.6. The van der Waals surface area contributed by atoms with Gasteiger partial charge in [0.05, 0.1) is 21.6 Å². The van der Waals surface area contributed by atoms with Crippen LogP contribution in [0.5, 0.6) is 5.75 Å². The van der Waals surface area contributed by atoms with E-state index in [0.29, 0.717) is 33.2 Å². The Morgan fingerprint density at radius 3 is 2.59 bits per heavy atom. The van der Waals surface area contributed by atoms with Gasteiger partial charge in [-0.2, -0.15) is 10.2 Å². The number of carbonyl (C=O) groups is 1. The number of anilines is 1. The van der Waals surface area contributed by atoms with Crippen LogP contribution in [0.2, 0.25) is 15.1 Å². The van der Waals surface area contributed by atoms with Gasteiger partial charge in [-0.15, -0.1) is 0 Å². The molecule has 164 valence electrons. The lowest BCUT2D eigenvalue weighted by Crippen LogP contribution is -2.15. The predicted molar refractivity (Wildman–Crippen MR) is 125 cm³/mol. The van der Waals surface area contributed by atoms with Crippen molar-refractivity contribution in [1.82, 2.24) is 19.6 Å². The SMILES string of the molecule is Cc1cc(NC(=O)c2ccn(COc3ccccc3Cl)n2)nn1Cc1ccc(Cl)c(Cl)c1. The Kier molecular flexibility index (Phi) is 6.69. The van der Waals surface area contributed by atoms with Crippen LogP contribution in [-0.4, -0.2) is 25.5 Å². The number of nitrogens with zero attached hydrogens (tertiary/aromatic N) is 4. The third kappa shape index (κ3) is 5.24. The first-order valence-electron chi connectivity index (χ1n) is 9.59. The Morgan fingerprint density at radius 1 is 1.00 bits per heavy atom. The number of aromatic nitrogens is 4. The number of benzene rings is 2. The number of hydrogen-bond donors (Lipinski definition) is 1. The molecule has 1 amide bonds. The zero-order valence-corrected chi connectivity index (χ0v) is 19.2. The quantitative estimate of drug-likeness (QED) is 0.361. The van der Waals surface area contributed by atoms with Crippen molar-refractivity contribution in [2.75, 3.05) is 5.32 Å². The molecule has 2 heterocycles. The first kappa shape index (κ1) is 22.2. The highest BCUT2D eigenvalue weighted by atomic mass is 35.5. The number of hydrogen-bond acceptors (Lipinski definition) is 4. The van der Waals surface area contributed by atoms with Crippen LogP contribution in [0.4, 0.5) is 5.82 Å². The third-order valence-electron chi connectivity index (χ3n) is 4.60. The molecule has 0 aliphatic heterocycles. The van der Waals surface area contributed by atoms with Crippen molar-refractivity contribution < 1.29 is 9.53 Å². The van der Waals surface area contributed by atoms with Crippen molar-refractivity contribution in [2.45, 2.75) is 20.2 Å². The summed E-state index contributed by atoms with van der Waals surface area (Å²) in [5.41, 5.74) is 2.07. The van der Waals surface area contributed by atoms with Gasteiger partial charge >= 0.3 is 0 Å². The van der Waals surface area contributed by atoms with Gasteiger partial charge in [-0.1, -0.05) is 53.0 Å². The van der Waals surface area contributed by atoms with E-state index >= 15 is 0 Å². The van der Waals surface area contributed by atoms with Crippen molar-refractivity contribution in [3.8, 4) is 5.75 Å². The summed E-state index contributed by atoms with van der Waals surface area (Å²) in [4.78, 5) is 12.6. The molecule has 0 radical (unpaired) electrons. The minimum atomic E-state index is -0.374. The van der Waals surface area contributed by atoms with E-state index in [2.05, 4.69) is 15.5 Å². The minimum Gasteiger partial charge on any atom is -0.470 e. The Balaban J connectivity index is 1.38. The molecular formula is C22H18Cl3N5O2. The molecule has 32 heavy (non-hydrogen) atoms. The molecule has 0 unspecified atom stereocenters. The standard InChI is InChI=1S/C22H18Cl3N5O2/c1-14-10-21(28-30(14)12-15-6-7-16(23)18(25)11-15)26-22(31)19-8-9-29(27-19)13-32-20-5-3-2-4-17(20)24/h2-11H,12-13H2,1H3,(H,26,28,31). The third-order valence-corrected chi connectivity index (χ3v) is 5.65. The lowest BCUT2D eigenvalue weighted by molar-refractivity contribution is 0.101. The summed E-state index contributed by atoms with van der Waals surface area (Å²) < 4.78 is 8.90. The van der Waals surface area contributed by atoms with Gasteiger partial charge in [0.15, 0.2) is 18.2 Å². The van der Waals surface area contributed by atoms with Gasteiger partial charge < -0.3 is 10.1 Å². The van der Waals surface area contributed by atoms with Crippen LogP contribution in [0.1, 0.15) is 21.7 Å². The molecule has 0 aliphatic carbocycles. The van der Waals surface area contributed by atoms with E-state index < -0.39 is 0 Å². The van der Waals surface area contributed by atoms with Gasteiger partial charge in [0.2, 0.25) is 0 Å². The van der Waals surface area contributed by atoms with Crippen LogP contribution in [0.25, 0.3) is 0 Å². The zero-order valence-electron chi connectivity index (χ0n) is 16.9. The van der Waals surface area contributed by atoms with Gasteiger partial charge in [-0.05, 0) is 42.8 Å². The highest BCUT2D eigenvalue weighted by molar-refractivity contribution is 6.42. The molecule has 0 saturated carbocycles. The second-order valence-electron chi connectivity index (χ2n) is 6.98. The van der Waals surface area contributed by atoms with Crippen molar-refractivity contribution in [3.63, 3.8) is 0 Å². The van der Waals surface area contributed by atoms with Crippen molar-refractivity contribution in [1.29, 1.82) is 0 Å². The monoisotopic (exact) mass is 489 g/mol. The van der Waals surface area contributed by atoms with Crippen molar-refractivity contribution in [2.24, 2.45) is 0 Å². The topological polar surface area (TPSA) is 74.0 Å². The average Bonchev–Trinajstić information content (AvgIpc) is 3.37. The van der Waals surface area contributed by atoms with E-state index in [1.54, 1.807) is 47.3 Å². The van der Waals surface area contributed by atoms with Gasteiger partial charge in [-0.3, -0.25) is 9.48 Å². The lowest BCUT2D eigenvalue weighted by atomic mass is 10.2. The normalized spacial score (nSPS) is 10.9. The summed E-state index contributed by atoms with van der Waals surface area (Å²) in [7, 11) is 0. The molecule has 4 rings (SSSR count). The number of aryl methyl sites for hydroxylation is 1. The van der Waals surface area contributed by atoms with Gasteiger partial charge in [0.25, 0.3) is 5.91 Å². The Bertz CT molecular complexity index is 1270. The molecule has 0 bridgehead atoms. The summed E-state index contributed by atoms with van der Waals surface area (Å²) in [5.74, 6) is 0.591. The molecule has 4 aromatic rings. The molecule has 0 aliphatic rings. The molecule has 7 nitrogen and oxygen atoms in total. The van der Waals surface area contributed by atoms with Crippen LogP contribution in [-0.2, 0) is 13.3 Å². The van der Waals surface area contributed by atoms with Crippen molar-refractivity contribution >= 4 is 46.5 Å². The highest BCUT2D eigenvalue weighted by Gasteiger charge is 2.14. The summed E-state index contributed by atoms with van der Waals surface area (Å²) in [5, 5.41) is 12.9. The number of nitrogens with one attached hydrogen (secondary N) is 1. The van der Waals surface area contributed by atoms with E-state index in [9.17, 15) is 4.79 Å². The number of amides is 1. The zero-order chi connectivity index (χ0) is 22.7. The fourth-order valence-corrected chi connectivity index (χ4v) is 3.49. The van der Waals surface area contributed by atoms with Crippen LogP contribution in [0.15, 0.2) is 60.8 Å². The van der Waals surface area contributed by atoms with Crippen LogP contribution in [0, 0.1) is 6.92 Å². The summed E-state index contributed by atoms with van der Waals surface area (Å²) in [6, 6.07) is 15.9. The van der Waals surface area contributed by atoms with Crippen LogP contribution < -0.4 is 10.1 Å². The Hall–Kier alpha value is -3.00. The first-order valence-corrected chi connectivity index (χ1v) is 10.7. The molecule has 2 aromatic heterocycles. The minimum absolute atomic E-state index is 0.119. The van der Waals surface area contributed by atoms with Crippen LogP contribution >= 0.6 is 34.8 Å². The number of carbonyl (C=O) groups excluding carboxylic acids is 1. The van der Waals surface area contributed by atoms with Gasteiger partial charge in [0.1, 0.15) is 5.75 Å². The molecule has 0 saturated heterocycles. The molecular weight excluding hydrogens is 473 g/mol. The molecule has 10 heteroatoms. The van der Waals surface area contributed by atoms with E-state index in [1.807, 2.05) is 25.1 Å². The van der Waals surface area contributed by atoms with Gasteiger partial charge in [0, 0.05) is 18.0 Å². The fourth-order valence-electron chi connectivity index (χ4n) is 2.97. The Labute approximate surface area is 199 Å². The number of para-hydroxylation sites is 1. The second-order valence-corrected chi connectivity index (χ2v) is 8.20. The summed E-state index contributed by atoms with van der Waals surface area (Å²) in [6.45, 7) is 2.52. The molecule has 1 N–H and O–H groups in total. The van der Waals surface area contributed by atoms with Crippen molar-refractivity contribution in [3.05, 3.63) is 92.8 Å². The number of halogens is 3. The molecule has 0 atom stereocenters. The molecule has 2 aromatic carbocycles. The van der Waals surface area contributed by atoms with E-state index in [-0.39, 0.29) is 18.3 Å². The predicted octanol–water partition coefficient (Wildman–Crippen LogP) is 5.69. The number of ether oxygens (including phenoxy) is 1. The maximum Gasteiger partial charge on any atom is 0.277 e. The summed E-state index contributed by atoms with van der Waals surface area (Å²) >= 11 is 18.1. The second kappa shape index (κ2) is 9.65. The first-order chi connectivity index (χ1) is 15.4. The largest absolute Gasteiger partial charge is 0.470 e. The van der Waals surface area contributed by atoms with Crippen LogP contribution in [0.3, 0.4) is 0 Å². The summed E-state index contributed by atoms with van der Waals surface area (Å²) in [6.07, 6.45) is 1.65. The maximum atomic E-state index is 12.6. The van der Waals surface area contributed by atoms with E-state index in [1.165, 1.54) is 4.68 Å². The average molecular weight is 491 g/mol.